The molecule has 1 N–H and O–H groups in total. The summed E-state index contributed by atoms with van der Waals surface area (Å²) < 4.78 is 0. The van der Waals surface area contributed by atoms with E-state index in [1.807, 2.05) is 6.92 Å². The molecule has 2 atom stereocenters. The molecule has 0 aromatic carbocycles. The number of ketones is 1. The zero-order chi connectivity index (χ0) is 9.47. The molecule has 0 aromatic heterocycles. The summed E-state index contributed by atoms with van der Waals surface area (Å²) in [6.07, 6.45) is 3.68. The van der Waals surface area contributed by atoms with E-state index in [1.54, 1.807) is 0 Å². The van der Waals surface area contributed by atoms with Crippen molar-refractivity contribution in [2.24, 2.45) is 0 Å². The second-order valence-electron chi connectivity index (χ2n) is 4.52. The molecule has 2 aliphatic rings. The highest BCUT2D eigenvalue weighted by molar-refractivity contribution is 5.82. The maximum Gasteiger partial charge on any atom is 0.148 e. The number of hydrogen-bond acceptors (Lipinski definition) is 3. The Hall–Kier alpha value is -0.410. The molecule has 2 fully saturated rings. The molecule has 3 nitrogen and oxygen atoms in total. The topological polar surface area (TPSA) is 40.5 Å². The fraction of sp³-hybridized carbons (Fsp3) is 0.900. The van der Waals surface area contributed by atoms with Gasteiger partial charge in [-0.3, -0.25) is 9.69 Å². The molecule has 1 aliphatic carbocycles. The van der Waals surface area contributed by atoms with Crippen molar-refractivity contribution in [3.63, 3.8) is 0 Å². The Bertz CT molecular complexity index is 225. The summed E-state index contributed by atoms with van der Waals surface area (Å²) in [5.41, 5.74) is -0.565. The minimum atomic E-state index is -0.565. The summed E-state index contributed by atoms with van der Waals surface area (Å²) in [5.74, 6) is 0.322. The maximum absolute atomic E-state index is 11.1. The van der Waals surface area contributed by atoms with E-state index in [9.17, 15) is 9.90 Å². The zero-order valence-electron chi connectivity index (χ0n) is 8.12. The van der Waals surface area contributed by atoms with Crippen LogP contribution in [0.2, 0.25) is 0 Å². The van der Waals surface area contributed by atoms with E-state index >= 15 is 0 Å². The van der Waals surface area contributed by atoms with E-state index in [4.69, 9.17) is 0 Å². The third-order valence-corrected chi connectivity index (χ3v) is 3.38. The van der Waals surface area contributed by atoms with Crippen LogP contribution in [0.25, 0.3) is 0 Å². The molecule has 1 saturated carbocycles. The quantitative estimate of drug-likeness (QED) is 0.646. The molecule has 13 heavy (non-hydrogen) atoms. The monoisotopic (exact) mass is 183 g/mol. The van der Waals surface area contributed by atoms with Crippen LogP contribution in [-0.4, -0.2) is 40.5 Å². The lowest BCUT2D eigenvalue weighted by Crippen LogP contribution is -2.46. The Labute approximate surface area is 78.7 Å². The van der Waals surface area contributed by atoms with Gasteiger partial charge in [0.2, 0.25) is 0 Å². The molecule has 0 spiro atoms. The minimum Gasteiger partial charge on any atom is -0.389 e. The second-order valence-corrected chi connectivity index (χ2v) is 4.52. The Kier molecular flexibility index (Phi) is 2.16. The van der Waals surface area contributed by atoms with Gasteiger partial charge in [-0.2, -0.15) is 0 Å². The molecule has 0 aromatic rings. The van der Waals surface area contributed by atoms with E-state index in [0.29, 0.717) is 18.7 Å². The van der Waals surface area contributed by atoms with Crippen LogP contribution in [0.5, 0.6) is 0 Å². The molecular weight excluding hydrogens is 166 g/mol. The van der Waals surface area contributed by atoms with Crippen LogP contribution in [0.1, 0.15) is 32.6 Å². The van der Waals surface area contributed by atoms with Gasteiger partial charge in [0.25, 0.3) is 0 Å². The summed E-state index contributed by atoms with van der Waals surface area (Å²) in [6.45, 7) is 3.30. The zero-order valence-corrected chi connectivity index (χ0v) is 8.12. The predicted octanol–water partition coefficient (Wildman–Crippen LogP) is 0.565. The van der Waals surface area contributed by atoms with Crippen molar-refractivity contribution in [2.75, 3.05) is 13.1 Å². The fourth-order valence-electron chi connectivity index (χ4n) is 2.63. The molecule has 2 unspecified atom stereocenters. The highest BCUT2D eigenvalue weighted by Crippen LogP contribution is 2.34. The smallest absolute Gasteiger partial charge is 0.148 e. The normalized spacial score (nSPS) is 41.7. The number of aliphatic hydroxyl groups is 1. The number of likely N-dealkylation sites (tertiary alicyclic amines) is 1. The Morgan fingerprint density at radius 3 is 2.85 bits per heavy atom. The van der Waals surface area contributed by atoms with Crippen molar-refractivity contribution in [1.82, 2.24) is 4.90 Å². The molecule has 0 amide bonds. The molecule has 0 radical (unpaired) electrons. The standard InChI is InChI=1S/C10H17NO2/c1-10(13)5-2-3-9(10)11-6-4-8(12)7-11/h9,13H,2-7H2,1H3. The number of carbonyl (C=O) groups is 1. The lowest BCUT2D eigenvalue weighted by molar-refractivity contribution is -0.117. The van der Waals surface area contributed by atoms with Gasteiger partial charge in [-0.25, -0.2) is 0 Å². The first-order chi connectivity index (χ1) is 6.09. The van der Waals surface area contributed by atoms with Crippen molar-refractivity contribution in [3.05, 3.63) is 0 Å². The van der Waals surface area contributed by atoms with Gasteiger partial charge in [-0.15, -0.1) is 0 Å². The SMILES string of the molecule is CC1(O)CCCC1N1CCC(=O)C1. The highest BCUT2D eigenvalue weighted by atomic mass is 16.3. The van der Waals surface area contributed by atoms with E-state index in [1.165, 1.54) is 0 Å². The number of rotatable bonds is 1. The van der Waals surface area contributed by atoms with Crippen LogP contribution in [0.3, 0.4) is 0 Å². The van der Waals surface area contributed by atoms with Crippen molar-refractivity contribution in [3.8, 4) is 0 Å². The fourth-order valence-corrected chi connectivity index (χ4v) is 2.63. The van der Waals surface area contributed by atoms with E-state index in [0.717, 1.165) is 25.8 Å². The summed E-state index contributed by atoms with van der Waals surface area (Å²) in [6, 6.07) is 0.221. The van der Waals surface area contributed by atoms with Crippen LogP contribution < -0.4 is 0 Å². The summed E-state index contributed by atoms with van der Waals surface area (Å²) in [7, 11) is 0. The molecule has 0 bridgehead atoms. The van der Waals surface area contributed by atoms with Crippen LogP contribution >= 0.6 is 0 Å². The van der Waals surface area contributed by atoms with Gasteiger partial charge in [-0.05, 0) is 26.2 Å². The number of nitrogens with zero attached hydrogens (tertiary/aromatic N) is 1. The van der Waals surface area contributed by atoms with Gasteiger partial charge < -0.3 is 5.11 Å². The Balaban J connectivity index is 2.04. The van der Waals surface area contributed by atoms with Crippen molar-refractivity contribution < 1.29 is 9.90 Å². The molecule has 1 heterocycles. The van der Waals surface area contributed by atoms with E-state index < -0.39 is 5.60 Å². The van der Waals surface area contributed by atoms with Crippen LogP contribution in [0.4, 0.5) is 0 Å². The van der Waals surface area contributed by atoms with Gasteiger partial charge in [0.15, 0.2) is 0 Å². The van der Waals surface area contributed by atoms with Crippen molar-refractivity contribution in [2.45, 2.75) is 44.2 Å². The largest absolute Gasteiger partial charge is 0.389 e. The lowest BCUT2D eigenvalue weighted by atomic mass is 9.99. The Morgan fingerprint density at radius 2 is 2.38 bits per heavy atom. The first-order valence-electron chi connectivity index (χ1n) is 5.08. The van der Waals surface area contributed by atoms with Crippen LogP contribution in [-0.2, 0) is 4.79 Å². The average Bonchev–Trinajstić information content (AvgIpc) is 2.56. The number of hydrogen-bond donors (Lipinski definition) is 1. The summed E-state index contributed by atoms with van der Waals surface area (Å²) in [5, 5.41) is 10.0. The molecular formula is C10H17NO2. The molecule has 3 heteroatoms. The molecule has 1 saturated heterocycles. The third-order valence-electron chi connectivity index (χ3n) is 3.38. The number of carbonyl (C=O) groups excluding carboxylic acids is 1. The summed E-state index contributed by atoms with van der Waals surface area (Å²) >= 11 is 0. The van der Waals surface area contributed by atoms with Gasteiger partial charge in [-0.1, -0.05) is 0 Å². The first-order valence-corrected chi connectivity index (χ1v) is 5.08. The Morgan fingerprint density at radius 1 is 1.62 bits per heavy atom. The van der Waals surface area contributed by atoms with Crippen molar-refractivity contribution in [1.29, 1.82) is 0 Å². The molecule has 74 valence electrons. The van der Waals surface area contributed by atoms with Crippen LogP contribution in [0, 0.1) is 0 Å². The molecule has 1 aliphatic heterocycles. The average molecular weight is 183 g/mol. The maximum atomic E-state index is 11.1. The van der Waals surface area contributed by atoms with Gasteiger partial charge in [0.1, 0.15) is 5.78 Å². The predicted molar refractivity (Wildman–Crippen MR) is 49.5 cm³/mol. The highest BCUT2D eigenvalue weighted by Gasteiger charge is 2.42. The van der Waals surface area contributed by atoms with Gasteiger partial charge in [0, 0.05) is 19.0 Å². The number of Topliss-reactive ketones (excluding diaryl/α,β-unsaturated/α-hetero) is 1. The second kappa shape index (κ2) is 3.07. The lowest BCUT2D eigenvalue weighted by Gasteiger charge is -2.32. The van der Waals surface area contributed by atoms with Crippen LogP contribution in [0.15, 0.2) is 0 Å². The van der Waals surface area contributed by atoms with Crippen molar-refractivity contribution >= 4 is 5.78 Å². The van der Waals surface area contributed by atoms with Gasteiger partial charge >= 0.3 is 0 Å². The van der Waals surface area contributed by atoms with E-state index in [2.05, 4.69) is 4.90 Å². The van der Waals surface area contributed by atoms with Gasteiger partial charge in [0.05, 0.1) is 12.1 Å². The first kappa shape index (κ1) is 9.16. The minimum absolute atomic E-state index is 0.221. The van der Waals surface area contributed by atoms with E-state index in [-0.39, 0.29) is 6.04 Å². The summed E-state index contributed by atoms with van der Waals surface area (Å²) in [4.78, 5) is 13.2. The molecule has 2 rings (SSSR count). The third kappa shape index (κ3) is 1.63.